The number of aromatic nitrogens is 1. The van der Waals surface area contributed by atoms with Crippen LogP contribution in [0, 0.1) is 0 Å². The number of unbranched alkanes of at least 4 members (excludes halogenated alkanes) is 3. The van der Waals surface area contributed by atoms with Crippen LogP contribution in [0.15, 0.2) is 60.8 Å². The Balaban J connectivity index is 1.39. The number of fused-ring (bicyclic) bond motifs is 1. The van der Waals surface area contributed by atoms with Gasteiger partial charge in [-0.25, -0.2) is 0 Å². The lowest BCUT2D eigenvalue weighted by molar-refractivity contribution is -0.129. The summed E-state index contributed by atoms with van der Waals surface area (Å²) in [7, 11) is 0. The Hall–Kier alpha value is -3.12. The topological polar surface area (TPSA) is 100 Å². The predicted octanol–water partition coefficient (Wildman–Crippen LogP) is 3.78. The highest BCUT2D eigenvalue weighted by atomic mass is 16.2. The van der Waals surface area contributed by atoms with Gasteiger partial charge in [-0.2, -0.15) is 0 Å². The second-order valence-corrected chi connectivity index (χ2v) is 9.00. The van der Waals surface area contributed by atoms with Gasteiger partial charge in [0, 0.05) is 41.9 Å². The van der Waals surface area contributed by atoms with Gasteiger partial charge in [0.2, 0.25) is 11.8 Å². The van der Waals surface area contributed by atoms with Gasteiger partial charge < -0.3 is 21.4 Å². The molecule has 1 aromatic heterocycles. The fourth-order valence-corrected chi connectivity index (χ4v) is 4.49. The summed E-state index contributed by atoms with van der Waals surface area (Å²) in [5.41, 5.74) is 8.85. The van der Waals surface area contributed by atoms with E-state index in [1.807, 2.05) is 48.7 Å². The maximum atomic E-state index is 13.2. The highest BCUT2D eigenvalue weighted by Gasteiger charge is 2.40. The normalized spacial score (nSPS) is 18.1. The lowest BCUT2D eigenvalue weighted by Crippen LogP contribution is -2.48. The quantitative estimate of drug-likeness (QED) is 0.319. The number of carbonyl (C=O) groups is 2. The van der Waals surface area contributed by atoms with Crippen LogP contribution in [0.1, 0.15) is 55.6 Å². The van der Waals surface area contributed by atoms with Crippen molar-refractivity contribution in [3.63, 3.8) is 0 Å². The van der Waals surface area contributed by atoms with Crippen molar-refractivity contribution in [3.8, 4) is 0 Å². The molecule has 0 aliphatic heterocycles. The molecule has 6 heteroatoms. The predicted molar refractivity (Wildman–Crippen MR) is 132 cm³/mol. The molecule has 5 N–H and O–H groups in total. The average Bonchev–Trinajstić information content (AvgIpc) is 3.49. The fourth-order valence-electron chi connectivity index (χ4n) is 4.49. The first-order valence-electron chi connectivity index (χ1n) is 12.1. The van der Waals surface area contributed by atoms with Crippen molar-refractivity contribution in [2.24, 2.45) is 5.73 Å². The van der Waals surface area contributed by atoms with E-state index in [2.05, 4.69) is 27.8 Å². The number of nitrogens with one attached hydrogen (secondary N) is 3. The van der Waals surface area contributed by atoms with Gasteiger partial charge in [-0.05, 0) is 43.0 Å². The average molecular weight is 447 g/mol. The third-order valence-electron chi connectivity index (χ3n) is 6.45. The minimum absolute atomic E-state index is 0.0712. The summed E-state index contributed by atoms with van der Waals surface area (Å²) >= 11 is 0. The number of rotatable bonds is 12. The Labute approximate surface area is 195 Å². The van der Waals surface area contributed by atoms with E-state index in [0.29, 0.717) is 25.3 Å². The highest BCUT2D eigenvalue weighted by molar-refractivity contribution is 5.90. The third kappa shape index (κ3) is 6.23. The lowest BCUT2D eigenvalue weighted by Gasteiger charge is -2.19. The van der Waals surface area contributed by atoms with Gasteiger partial charge in [0.15, 0.2) is 0 Å². The van der Waals surface area contributed by atoms with E-state index < -0.39 is 6.04 Å². The van der Waals surface area contributed by atoms with Crippen LogP contribution in [0.3, 0.4) is 0 Å². The Morgan fingerprint density at radius 1 is 1.00 bits per heavy atom. The van der Waals surface area contributed by atoms with Gasteiger partial charge in [0.1, 0.15) is 6.04 Å². The molecule has 2 aromatic carbocycles. The largest absolute Gasteiger partial charge is 0.361 e. The van der Waals surface area contributed by atoms with Crippen LogP contribution in [0.25, 0.3) is 10.9 Å². The standard InChI is InChI=1S/C27H34N4O2/c28-15-9-2-1-6-14-26(32)30-25(16-20-18-29-23-13-8-7-12-21(20)23)27(33)31-24-17-22(24)19-10-4-3-5-11-19/h3-5,7-8,10-13,18,22,24-25,29H,1-2,6,9,14-17,28H2,(H,30,32)(H,31,33). The molecule has 0 spiro atoms. The number of amides is 2. The smallest absolute Gasteiger partial charge is 0.243 e. The molecule has 0 bridgehead atoms. The second kappa shape index (κ2) is 11.1. The lowest BCUT2D eigenvalue weighted by atomic mass is 10.0. The maximum absolute atomic E-state index is 13.2. The van der Waals surface area contributed by atoms with Crippen molar-refractivity contribution in [1.29, 1.82) is 0 Å². The third-order valence-corrected chi connectivity index (χ3v) is 6.45. The van der Waals surface area contributed by atoms with Crippen LogP contribution in [-0.2, 0) is 16.0 Å². The van der Waals surface area contributed by atoms with Crippen LogP contribution >= 0.6 is 0 Å². The van der Waals surface area contributed by atoms with Crippen LogP contribution in [0.2, 0.25) is 0 Å². The van der Waals surface area contributed by atoms with E-state index in [1.54, 1.807) is 0 Å². The molecule has 33 heavy (non-hydrogen) atoms. The fraction of sp³-hybridized carbons (Fsp3) is 0.407. The molecule has 1 fully saturated rings. The molecule has 174 valence electrons. The summed E-state index contributed by atoms with van der Waals surface area (Å²) in [5.74, 6) is 0.167. The van der Waals surface area contributed by atoms with E-state index in [0.717, 1.165) is 48.6 Å². The zero-order valence-electron chi connectivity index (χ0n) is 19.1. The number of hydrogen-bond acceptors (Lipinski definition) is 3. The number of aromatic amines is 1. The zero-order chi connectivity index (χ0) is 23.0. The summed E-state index contributed by atoms with van der Waals surface area (Å²) in [6, 6.07) is 17.8. The van der Waals surface area contributed by atoms with Crippen molar-refractivity contribution in [3.05, 3.63) is 71.9 Å². The Morgan fingerprint density at radius 2 is 1.76 bits per heavy atom. The minimum atomic E-state index is -0.599. The summed E-state index contributed by atoms with van der Waals surface area (Å²) < 4.78 is 0. The second-order valence-electron chi connectivity index (χ2n) is 9.00. The summed E-state index contributed by atoms with van der Waals surface area (Å²) in [6.07, 6.45) is 7.56. The first-order valence-corrected chi connectivity index (χ1v) is 12.1. The van der Waals surface area contributed by atoms with Crippen LogP contribution < -0.4 is 16.4 Å². The monoisotopic (exact) mass is 446 g/mol. The molecule has 0 radical (unpaired) electrons. The molecule has 3 unspecified atom stereocenters. The van der Waals surface area contributed by atoms with Gasteiger partial charge in [0.05, 0.1) is 0 Å². The molecular formula is C27H34N4O2. The van der Waals surface area contributed by atoms with Crippen LogP contribution in [0.4, 0.5) is 0 Å². The molecule has 1 aliphatic rings. The van der Waals surface area contributed by atoms with Crippen molar-refractivity contribution in [2.75, 3.05) is 6.54 Å². The van der Waals surface area contributed by atoms with E-state index in [-0.39, 0.29) is 17.9 Å². The first-order chi connectivity index (χ1) is 16.2. The van der Waals surface area contributed by atoms with Crippen molar-refractivity contribution < 1.29 is 9.59 Å². The number of para-hydroxylation sites is 1. The Bertz CT molecular complexity index is 1060. The molecule has 4 rings (SSSR count). The summed E-state index contributed by atoms with van der Waals surface area (Å²) in [5, 5.41) is 7.27. The van der Waals surface area contributed by atoms with Crippen LogP contribution in [-0.4, -0.2) is 35.4 Å². The summed E-state index contributed by atoms with van der Waals surface area (Å²) in [4.78, 5) is 29.1. The number of nitrogens with two attached hydrogens (primary N) is 1. The number of benzene rings is 2. The molecule has 2 amide bonds. The number of H-pyrrole nitrogens is 1. The van der Waals surface area contributed by atoms with Gasteiger partial charge in [0.25, 0.3) is 0 Å². The SMILES string of the molecule is NCCCCCCC(=O)NC(Cc1c[nH]c2ccccc12)C(=O)NC1CC1c1ccccc1. The molecule has 3 atom stereocenters. The van der Waals surface area contributed by atoms with Gasteiger partial charge in [-0.1, -0.05) is 61.4 Å². The van der Waals surface area contributed by atoms with Crippen LogP contribution in [0.5, 0.6) is 0 Å². The highest BCUT2D eigenvalue weighted by Crippen LogP contribution is 2.40. The molecular weight excluding hydrogens is 412 g/mol. The first kappa shape index (κ1) is 23.1. The minimum Gasteiger partial charge on any atom is -0.361 e. The number of hydrogen-bond donors (Lipinski definition) is 4. The Morgan fingerprint density at radius 3 is 2.58 bits per heavy atom. The van der Waals surface area contributed by atoms with E-state index in [1.165, 1.54) is 5.56 Å². The van der Waals surface area contributed by atoms with E-state index >= 15 is 0 Å². The molecule has 3 aromatic rings. The number of carbonyl (C=O) groups excluding carboxylic acids is 2. The maximum Gasteiger partial charge on any atom is 0.243 e. The van der Waals surface area contributed by atoms with E-state index in [9.17, 15) is 9.59 Å². The Kier molecular flexibility index (Phi) is 7.79. The molecule has 0 saturated heterocycles. The molecule has 1 aliphatic carbocycles. The van der Waals surface area contributed by atoms with Crippen molar-refractivity contribution in [2.45, 2.75) is 62.9 Å². The van der Waals surface area contributed by atoms with Gasteiger partial charge >= 0.3 is 0 Å². The van der Waals surface area contributed by atoms with E-state index in [4.69, 9.17) is 5.73 Å². The molecule has 1 heterocycles. The van der Waals surface area contributed by atoms with Crippen molar-refractivity contribution >= 4 is 22.7 Å². The molecule has 6 nitrogen and oxygen atoms in total. The van der Waals surface area contributed by atoms with Crippen molar-refractivity contribution in [1.82, 2.24) is 15.6 Å². The van der Waals surface area contributed by atoms with Gasteiger partial charge in [-0.3, -0.25) is 9.59 Å². The molecule has 1 saturated carbocycles. The summed E-state index contributed by atoms with van der Waals surface area (Å²) in [6.45, 7) is 0.685. The zero-order valence-corrected chi connectivity index (χ0v) is 19.1. The van der Waals surface area contributed by atoms with Gasteiger partial charge in [-0.15, -0.1) is 0 Å².